The Bertz CT molecular complexity index is 974. The second-order valence-corrected chi connectivity index (χ2v) is 7.91. The lowest BCUT2D eigenvalue weighted by Crippen LogP contribution is -2.32. The molecule has 0 spiro atoms. The fraction of sp³-hybridized carbons (Fsp3) is 0.333. The van der Waals surface area contributed by atoms with Gasteiger partial charge in [0.1, 0.15) is 11.4 Å². The number of aromatic amines is 1. The third-order valence-corrected chi connectivity index (χ3v) is 5.82. The van der Waals surface area contributed by atoms with E-state index in [1.165, 1.54) is 12.8 Å². The Hall–Kier alpha value is -2.56. The van der Waals surface area contributed by atoms with Crippen LogP contribution in [0.25, 0.3) is 10.9 Å². The van der Waals surface area contributed by atoms with E-state index < -0.39 is 0 Å². The van der Waals surface area contributed by atoms with Gasteiger partial charge in [-0.1, -0.05) is 12.1 Å². The molecule has 0 radical (unpaired) electrons. The molecule has 28 heavy (non-hydrogen) atoms. The second-order valence-electron chi connectivity index (χ2n) is 7.25. The highest BCUT2D eigenvalue weighted by atomic mass is 31.1. The summed E-state index contributed by atoms with van der Waals surface area (Å²) in [7, 11) is 2.15. The number of anilines is 2. The molecule has 4 rings (SSSR count). The lowest BCUT2D eigenvalue weighted by Gasteiger charge is -2.28. The molecule has 1 fully saturated rings. The first-order valence-electron chi connectivity index (χ1n) is 9.54. The summed E-state index contributed by atoms with van der Waals surface area (Å²) in [5.41, 5.74) is 1.64. The summed E-state index contributed by atoms with van der Waals surface area (Å²) in [5.74, 6) is 2.27. The number of benzene rings is 2. The van der Waals surface area contributed by atoms with Crippen molar-refractivity contribution in [3.05, 3.63) is 48.8 Å². The van der Waals surface area contributed by atoms with Gasteiger partial charge in [-0.25, -0.2) is 4.98 Å². The van der Waals surface area contributed by atoms with Crippen molar-refractivity contribution in [2.75, 3.05) is 32.1 Å². The second kappa shape index (κ2) is 8.63. The quantitative estimate of drug-likeness (QED) is 0.648. The van der Waals surface area contributed by atoms with Gasteiger partial charge in [-0.15, -0.1) is 4.98 Å². The summed E-state index contributed by atoms with van der Waals surface area (Å²) in [6.45, 7) is 3.03. The van der Waals surface area contributed by atoms with Crippen molar-refractivity contribution in [1.29, 1.82) is 0 Å². The third kappa shape index (κ3) is 4.29. The Kier molecular flexibility index (Phi) is 5.79. The maximum atomic E-state index is 11.4. The lowest BCUT2D eigenvalue weighted by atomic mass is 9.98. The van der Waals surface area contributed by atoms with Gasteiger partial charge in [-0.3, -0.25) is 9.88 Å². The van der Waals surface area contributed by atoms with Crippen LogP contribution in [0, 0.1) is 5.92 Å². The normalized spacial score (nSPS) is 15.8. The van der Waals surface area contributed by atoms with E-state index in [2.05, 4.69) is 27.2 Å². The molecule has 6 nitrogen and oxygen atoms in total. The highest BCUT2D eigenvalue weighted by molar-refractivity contribution is 7.34. The van der Waals surface area contributed by atoms with Crippen LogP contribution in [-0.2, 0) is 4.57 Å². The molecule has 2 heterocycles. The van der Waals surface area contributed by atoms with Gasteiger partial charge >= 0.3 is 0 Å². The predicted molar refractivity (Wildman–Crippen MR) is 111 cm³/mol. The number of rotatable bonds is 6. The van der Waals surface area contributed by atoms with Crippen LogP contribution in [0.15, 0.2) is 48.8 Å². The predicted octanol–water partition coefficient (Wildman–Crippen LogP) is 3.43. The highest BCUT2D eigenvalue weighted by Crippen LogP contribution is 2.26. The molecule has 2 aromatic carbocycles. The van der Waals surface area contributed by atoms with Gasteiger partial charge in [-0.05, 0) is 63.2 Å². The monoisotopic (exact) mass is 395 g/mol. The zero-order valence-electron chi connectivity index (χ0n) is 15.9. The molecular weight excluding hydrogens is 371 g/mol. The minimum Gasteiger partial charge on any atom is -0.493 e. The Balaban J connectivity index is 1.50. The van der Waals surface area contributed by atoms with E-state index in [0.29, 0.717) is 11.2 Å². The van der Waals surface area contributed by atoms with Crippen molar-refractivity contribution in [3.63, 3.8) is 0 Å². The number of hydrogen-bond acceptors (Lipinski definition) is 5. The molecule has 1 aliphatic rings. The largest absolute Gasteiger partial charge is 0.493 e. The van der Waals surface area contributed by atoms with Crippen molar-refractivity contribution in [2.24, 2.45) is 5.92 Å². The van der Waals surface area contributed by atoms with Crippen molar-refractivity contribution >= 4 is 36.2 Å². The minimum atomic E-state index is -0.0159. The molecule has 0 saturated carbocycles. The van der Waals surface area contributed by atoms with E-state index >= 15 is 0 Å². The number of nitrogens with zero attached hydrogens (tertiary/aromatic N) is 2. The smallest absolute Gasteiger partial charge is 0.234 e. The van der Waals surface area contributed by atoms with E-state index in [-0.39, 0.29) is 8.46 Å². The van der Waals surface area contributed by atoms with Crippen molar-refractivity contribution < 1.29 is 14.3 Å². The van der Waals surface area contributed by atoms with Gasteiger partial charge in [0.05, 0.1) is 17.3 Å². The minimum absolute atomic E-state index is 0.0159. The topological polar surface area (TPSA) is 68.6 Å². The van der Waals surface area contributed by atoms with E-state index in [0.717, 1.165) is 47.9 Å². The number of likely N-dealkylation sites (tertiary alicyclic amines) is 1. The van der Waals surface area contributed by atoms with Crippen LogP contribution in [-0.4, -0.2) is 36.6 Å². The molecule has 0 bridgehead atoms. The maximum Gasteiger partial charge on any atom is 0.234 e. The van der Waals surface area contributed by atoms with Gasteiger partial charge in [0.25, 0.3) is 0 Å². The number of piperidine rings is 1. The Morgan fingerprint density at radius 1 is 1.25 bits per heavy atom. The number of fused-ring (bicyclic) bond motifs is 1. The number of aromatic nitrogens is 2. The number of H-pyrrole nitrogens is 1. The van der Waals surface area contributed by atoms with Crippen LogP contribution in [0.3, 0.4) is 0 Å². The molecule has 2 N–H and O–H groups in total. The summed E-state index contributed by atoms with van der Waals surface area (Å²) >= 11 is 0. The Morgan fingerprint density at radius 2 is 2.07 bits per heavy atom. The van der Waals surface area contributed by atoms with E-state index in [1.54, 1.807) is 6.33 Å². The van der Waals surface area contributed by atoms with Crippen molar-refractivity contribution in [1.82, 2.24) is 9.88 Å². The number of ether oxygens (including phenoxy) is 1. The van der Waals surface area contributed by atoms with Crippen molar-refractivity contribution in [2.45, 2.75) is 12.8 Å². The molecule has 7 heteroatoms. The Labute approximate surface area is 166 Å². The van der Waals surface area contributed by atoms with Gasteiger partial charge in [-0.2, -0.15) is 0 Å². The van der Waals surface area contributed by atoms with E-state index in [1.807, 2.05) is 42.5 Å². The molecule has 0 unspecified atom stereocenters. The lowest BCUT2D eigenvalue weighted by molar-refractivity contribution is -0.363. The van der Waals surface area contributed by atoms with Crippen molar-refractivity contribution in [3.8, 4) is 5.75 Å². The molecule has 1 saturated heterocycles. The van der Waals surface area contributed by atoms with Gasteiger partial charge in [0, 0.05) is 6.07 Å². The van der Waals surface area contributed by atoms with E-state index in [9.17, 15) is 4.57 Å². The van der Waals surface area contributed by atoms with Gasteiger partial charge in [0.2, 0.25) is 12.1 Å². The molecular formula is C21H24N4O2P+. The van der Waals surface area contributed by atoms with Crippen LogP contribution in [0.2, 0.25) is 0 Å². The molecule has 1 aliphatic heterocycles. The SMILES string of the molecule is CN1CCC(COc2ccc3c(Nc4ccccc4P=O)[nH+]cnc3c2)CC1. The highest BCUT2D eigenvalue weighted by Gasteiger charge is 2.18. The van der Waals surface area contributed by atoms with Crippen LogP contribution < -0.4 is 20.3 Å². The maximum absolute atomic E-state index is 11.4. The number of nitrogens with one attached hydrogen (secondary N) is 2. The standard InChI is InChI=1S/C21H23N4O2P/c1-25-10-8-15(9-11-25)13-27-16-6-7-17-19(12-16)22-14-23-21(17)24-18-4-2-3-5-20(18)28-26/h2-7,12,14-15H,8-11,13H2,1H3,(H,22,23,24)/p+1. The van der Waals surface area contributed by atoms with E-state index in [4.69, 9.17) is 4.74 Å². The zero-order valence-corrected chi connectivity index (χ0v) is 16.8. The number of para-hydroxylation sites is 1. The summed E-state index contributed by atoms with van der Waals surface area (Å²) in [6, 6.07) is 13.5. The summed E-state index contributed by atoms with van der Waals surface area (Å²) in [6.07, 6.45) is 4.02. The molecule has 1 aromatic heterocycles. The van der Waals surface area contributed by atoms with Gasteiger partial charge < -0.3 is 9.64 Å². The Morgan fingerprint density at radius 3 is 2.89 bits per heavy atom. The third-order valence-electron chi connectivity index (χ3n) is 5.24. The fourth-order valence-electron chi connectivity index (χ4n) is 3.50. The number of hydrogen-bond donors (Lipinski definition) is 1. The van der Waals surface area contributed by atoms with Crippen LogP contribution in [0.1, 0.15) is 12.8 Å². The average molecular weight is 395 g/mol. The summed E-state index contributed by atoms with van der Waals surface area (Å²) in [4.78, 5) is 9.96. The first-order valence-corrected chi connectivity index (χ1v) is 10.4. The molecule has 3 aromatic rings. The zero-order chi connectivity index (χ0) is 19.3. The summed E-state index contributed by atoms with van der Waals surface area (Å²) < 4.78 is 17.4. The summed E-state index contributed by atoms with van der Waals surface area (Å²) in [5, 5.41) is 4.98. The molecule has 144 valence electrons. The van der Waals surface area contributed by atoms with Crippen LogP contribution in [0.5, 0.6) is 5.75 Å². The molecule has 0 amide bonds. The molecule has 0 aliphatic carbocycles. The van der Waals surface area contributed by atoms with Gasteiger partial charge in [0.15, 0.2) is 14.0 Å². The van der Waals surface area contributed by atoms with Crippen LogP contribution in [0.4, 0.5) is 11.5 Å². The first-order chi connectivity index (χ1) is 13.7. The average Bonchev–Trinajstić information content (AvgIpc) is 2.74. The fourth-order valence-corrected chi connectivity index (χ4v) is 3.88. The molecule has 0 atom stereocenters. The van der Waals surface area contributed by atoms with Crippen LogP contribution >= 0.6 is 8.46 Å². The first kappa shape index (κ1) is 18.8.